The lowest BCUT2D eigenvalue weighted by Gasteiger charge is -2.24. The molecular weight excluding hydrogens is 485 g/mol. The molecule has 1 rings (SSSR count). The largest absolute Gasteiger partial charge is 0.444 e. The second kappa shape index (κ2) is 14.7. The molecule has 3 N–H and O–H groups in total. The molecule has 0 saturated carbocycles. The second-order valence-electron chi connectivity index (χ2n) is 8.15. The van der Waals surface area contributed by atoms with Crippen molar-refractivity contribution in [1.82, 2.24) is 20.9 Å². The molecular formula is C20H40IN5O3. The van der Waals surface area contributed by atoms with E-state index in [1.807, 2.05) is 32.6 Å². The number of nitrogens with zero attached hydrogens (tertiary/aromatic N) is 2. The molecule has 1 heterocycles. The summed E-state index contributed by atoms with van der Waals surface area (Å²) in [5.74, 6) is 0.661. The standard InChI is InChI=1S/C20H39N5O3.HI/c1-6-8-11-16(14-23-19(27)28-20(3,4)5)24-18(21-7-2)22-15-17(26)25-12-9-10-13-25;/h16H,6-15H2,1-5H3,(H,23,27)(H2,21,22,24);1H. The smallest absolute Gasteiger partial charge is 0.407 e. The highest BCUT2D eigenvalue weighted by molar-refractivity contribution is 14.0. The first-order valence-corrected chi connectivity index (χ1v) is 10.5. The highest BCUT2D eigenvalue weighted by Crippen LogP contribution is 2.08. The minimum atomic E-state index is -0.525. The lowest BCUT2D eigenvalue weighted by Crippen LogP contribution is -2.49. The van der Waals surface area contributed by atoms with E-state index in [0.717, 1.165) is 45.2 Å². The van der Waals surface area contributed by atoms with Crippen LogP contribution in [-0.4, -0.2) is 67.2 Å². The van der Waals surface area contributed by atoms with Crippen LogP contribution in [0.25, 0.3) is 0 Å². The van der Waals surface area contributed by atoms with Gasteiger partial charge in [-0.1, -0.05) is 19.8 Å². The van der Waals surface area contributed by atoms with Gasteiger partial charge in [0.05, 0.1) is 0 Å². The number of unbranched alkanes of at least 4 members (excludes halogenated alkanes) is 1. The number of ether oxygens (including phenoxy) is 1. The maximum atomic E-state index is 12.2. The minimum Gasteiger partial charge on any atom is -0.444 e. The van der Waals surface area contributed by atoms with Crippen molar-refractivity contribution < 1.29 is 14.3 Å². The van der Waals surface area contributed by atoms with Gasteiger partial charge in [0.15, 0.2) is 5.96 Å². The summed E-state index contributed by atoms with van der Waals surface area (Å²) in [6.45, 7) is 12.6. The fraction of sp³-hybridized carbons (Fsp3) is 0.850. The average molecular weight is 525 g/mol. The maximum absolute atomic E-state index is 12.2. The van der Waals surface area contributed by atoms with E-state index in [9.17, 15) is 9.59 Å². The predicted octanol–water partition coefficient (Wildman–Crippen LogP) is 2.87. The molecule has 1 saturated heterocycles. The molecule has 1 aliphatic rings. The van der Waals surface area contributed by atoms with Crippen molar-refractivity contribution in [3.8, 4) is 0 Å². The number of guanidine groups is 1. The van der Waals surface area contributed by atoms with Crippen LogP contribution >= 0.6 is 24.0 Å². The number of rotatable bonds is 9. The topological polar surface area (TPSA) is 95.1 Å². The van der Waals surface area contributed by atoms with Crippen LogP contribution in [0.3, 0.4) is 0 Å². The van der Waals surface area contributed by atoms with Crippen LogP contribution in [0.5, 0.6) is 0 Å². The molecule has 8 nitrogen and oxygen atoms in total. The van der Waals surface area contributed by atoms with Gasteiger partial charge in [-0.15, -0.1) is 24.0 Å². The van der Waals surface area contributed by atoms with Crippen LogP contribution in [0.15, 0.2) is 4.99 Å². The van der Waals surface area contributed by atoms with E-state index in [4.69, 9.17) is 4.74 Å². The van der Waals surface area contributed by atoms with E-state index < -0.39 is 11.7 Å². The van der Waals surface area contributed by atoms with E-state index in [1.165, 1.54) is 0 Å². The zero-order valence-electron chi connectivity index (χ0n) is 18.7. The first kappa shape index (κ1) is 27.7. The number of halogens is 1. The number of carbonyl (C=O) groups is 2. The fourth-order valence-electron chi connectivity index (χ4n) is 2.92. The Morgan fingerprint density at radius 1 is 1.14 bits per heavy atom. The summed E-state index contributed by atoms with van der Waals surface area (Å²) < 4.78 is 5.31. The van der Waals surface area contributed by atoms with Gasteiger partial charge in [0.1, 0.15) is 12.1 Å². The number of hydrogen-bond donors (Lipinski definition) is 3. The van der Waals surface area contributed by atoms with E-state index in [-0.39, 0.29) is 42.5 Å². The van der Waals surface area contributed by atoms with Gasteiger partial charge in [-0.3, -0.25) is 4.79 Å². The summed E-state index contributed by atoms with van der Waals surface area (Å²) >= 11 is 0. The molecule has 0 aromatic rings. The van der Waals surface area contributed by atoms with Crippen LogP contribution < -0.4 is 16.0 Å². The van der Waals surface area contributed by atoms with Gasteiger partial charge < -0.3 is 25.6 Å². The summed E-state index contributed by atoms with van der Waals surface area (Å²) in [6, 6.07) is 0.00663. The number of likely N-dealkylation sites (tertiary alicyclic amines) is 1. The van der Waals surface area contributed by atoms with Gasteiger partial charge in [-0.05, 0) is 47.0 Å². The highest BCUT2D eigenvalue weighted by atomic mass is 127. The summed E-state index contributed by atoms with van der Waals surface area (Å²) in [5, 5.41) is 9.36. The third-order valence-electron chi connectivity index (χ3n) is 4.31. The lowest BCUT2D eigenvalue weighted by molar-refractivity contribution is -0.128. The number of nitrogens with one attached hydrogen (secondary N) is 3. The fourth-order valence-corrected chi connectivity index (χ4v) is 2.92. The van der Waals surface area contributed by atoms with Crippen molar-refractivity contribution in [1.29, 1.82) is 0 Å². The Labute approximate surface area is 193 Å². The lowest BCUT2D eigenvalue weighted by atomic mass is 10.1. The van der Waals surface area contributed by atoms with Crippen LogP contribution in [0, 0.1) is 0 Å². The van der Waals surface area contributed by atoms with Crippen LogP contribution in [0.2, 0.25) is 0 Å². The van der Waals surface area contributed by atoms with Gasteiger partial charge >= 0.3 is 6.09 Å². The number of alkyl carbamates (subject to hydrolysis) is 1. The van der Waals surface area contributed by atoms with Crippen molar-refractivity contribution in [3.63, 3.8) is 0 Å². The molecule has 1 aliphatic heterocycles. The molecule has 0 bridgehead atoms. The van der Waals surface area contributed by atoms with Crippen LogP contribution in [0.1, 0.15) is 66.7 Å². The monoisotopic (exact) mass is 525 g/mol. The minimum absolute atomic E-state index is 0. The Morgan fingerprint density at radius 2 is 1.79 bits per heavy atom. The Kier molecular flexibility index (Phi) is 14.0. The Hall–Kier alpha value is -1.26. The molecule has 2 amide bonds. The predicted molar refractivity (Wildman–Crippen MR) is 128 cm³/mol. The van der Waals surface area contributed by atoms with Crippen molar-refractivity contribution in [2.45, 2.75) is 78.4 Å². The third-order valence-corrected chi connectivity index (χ3v) is 4.31. The van der Waals surface area contributed by atoms with Crippen molar-refractivity contribution in [2.75, 3.05) is 32.7 Å². The quantitative estimate of drug-likeness (QED) is 0.245. The molecule has 0 aromatic carbocycles. The zero-order chi connectivity index (χ0) is 21.0. The molecule has 9 heteroatoms. The molecule has 170 valence electrons. The van der Waals surface area contributed by atoms with Crippen LogP contribution in [0.4, 0.5) is 4.79 Å². The highest BCUT2D eigenvalue weighted by Gasteiger charge is 2.19. The van der Waals surface area contributed by atoms with Crippen molar-refractivity contribution in [3.05, 3.63) is 0 Å². The van der Waals surface area contributed by atoms with Gasteiger partial charge in [-0.25, -0.2) is 9.79 Å². The molecule has 0 aliphatic carbocycles. The Balaban J connectivity index is 0.00000784. The van der Waals surface area contributed by atoms with Crippen LogP contribution in [-0.2, 0) is 9.53 Å². The number of amides is 2. The molecule has 1 atom stereocenters. The van der Waals surface area contributed by atoms with Gasteiger partial charge in [0.25, 0.3) is 0 Å². The first-order valence-electron chi connectivity index (χ1n) is 10.5. The maximum Gasteiger partial charge on any atom is 0.407 e. The van der Waals surface area contributed by atoms with Crippen molar-refractivity contribution >= 4 is 41.9 Å². The van der Waals surface area contributed by atoms with E-state index in [1.54, 1.807) is 0 Å². The Morgan fingerprint density at radius 3 is 2.34 bits per heavy atom. The molecule has 0 radical (unpaired) electrons. The third kappa shape index (κ3) is 12.8. The summed E-state index contributed by atoms with van der Waals surface area (Å²) in [4.78, 5) is 30.5. The average Bonchev–Trinajstić information content (AvgIpc) is 3.15. The summed E-state index contributed by atoms with van der Waals surface area (Å²) in [7, 11) is 0. The van der Waals surface area contributed by atoms with Gasteiger partial charge in [0.2, 0.25) is 5.91 Å². The number of carbonyl (C=O) groups excluding carboxylic acids is 2. The molecule has 0 aromatic heterocycles. The van der Waals surface area contributed by atoms with E-state index in [2.05, 4.69) is 27.9 Å². The molecule has 0 spiro atoms. The van der Waals surface area contributed by atoms with E-state index >= 15 is 0 Å². The number of aliphatic imine (C=N–C) groups is 1. The Bertz CT molecular complexity index is 517. The molecule has 1 unspecified atom stereocenters. The second-order valence-corrected chi connectivity index (χ2v) is 8.15. The van der Waals surface area contributed by atoms with Crippen molar-refractivity contribution in [2.24, 2.45) is 4.99 Å². The zero-order valence-corrected chi connectivity index (χ0v) is 21.0. The van der Waals surface area contributed by atoms with Gasteiger partial charge in [0, 0.05) is 32.2 Å². The molecule has 29 heavy (non-hydrogen) atoms. The molecule has 1 fully saturated rings. The number of hydrogen-bond acceptors (Lipinski definition) is 4. The summed E-state index contributed by atoms with van der Waals surface area (Å²) in [5.41, 5.74) is -0.525. The van der Waals surface area contributed by atoms with E-state index in [0.29, 0.717) is 19.0 Å². The van der Waals surface area contributed by atoms with Gasteiger partial charge in [-0.2, -0.15) is 0 Å². The first-order chi connectivity index (χ1) is 13.2. The normalized spacial score (nSPS) is 15.3. The SMILES string of the molecule is CCCCC(CNC(=O)OC(C)(C)C)NC(=NCC(=O)N1CCCC1)NCC.I. The summed E-state index contributed by atoms with van der Waals surface area (Å²) in [6.07, 6.45) is 4.69.